The van der Waals surface area contributed by atoms with Crippen molar-refractivity contribution in [3.8, 4) is 0 Å². The van der Waals surface area contributed by atoms with Crippen LogP contribution >= 0.6 is 22.9 Å². The topological polar surface area (TPSA) is 61.4 Å². The van der Waals surface area contributed by atoms with Gasteiger partial charge in [0.2, 0.25) is 5.91 Å². The zero-order valence-electron chi connectivity index (χ0n) is 12.0. The van der Waals surface area contributed by atoms with Crippen molar-refractivity contribution in [3.63, 3.8) is 0 Å². The van der Waals surface area contributed by atoms with Crippen LogP contribution in [0.25, 0.3) is 0 Å². The number of nitrogens with zero attached hydrogens (tertiary/aromatic N) is 1. The Kier molecular flexibility index (Phi) is 5.87. The summed E-state index contributed by atoms with van der Waals surface area (Å²) >= 11 is 7.40. The molecule has 2 heterocycles. The normalized spacial score (nSPS) is 18.4. The number of hydrogen-bond donors (Lipinski definition) is 2. The van der Waals surface area contributed by atoms with E-state index in [2.05, 4.69) is 10.6 Å². The third-order valence-electron chi connectivity index (χ3n) is 3.39. The second-order valence-corrected chi connectivity index (χ2v) is 6.97. The van der Waals surface area contributed by atoms with E-state index in [1.807, 2.05) is 12.1 Å². The first kappa shape index (κ1) is 16.1. The number of thiophene rings is 1. The average molecular weight is 330 g/mol. The average Bonchev–Trinajstić information content (AvgIpc) is 2.84. The van der Waals surface area contributed by atoms with Gasteiger partial charge in [-0.1, -0.05) is 11.6 Å². The van der Waals surface area contributed by atoms with Gasteiger partial charge in [0.15, 0.2) is 0 Å². The molecule has 0 aliphatic carbocycles. The third kappa shape index (κ3) is 5.21. The van der Waals surface area contributed by atoms with Gasteiger partial charge in [-0.05, 0) is 31.4 Å². The van der Waals surface area contributed by atoms with E-state index in [9.17, 15) is 9.59 Å². The molecule has 3 amide bonds. The molecule has 2 N–H and O–H groups in total. The molecule has 1 aromatic rings. The van der Waals surface area contributed by atoms with Gasteiger partial charge in [0.1, 0.15) is 0 Å². The molecular formula is C14H20ClN3O2S. The summed E-state index contributed by atoms with van der Waals surface area (Å²) in [5.41, 5.74) is 0. The number of amides is 3. The summed E-state index contributed by atoms with van der Waals surface area (Å²) < 4.78 is 0.769. The van der Waals surface area contributed by atoms with Crippen molar-refractivity contribution in [1.29, 1.82) is 0 Å². The predicted molar refractivity (Wildman–Crippen MR) is 84.8 cm³/mol. The Morgan fingerprint density at radius 3 is 2.95 bits per heavy atom. The van der Waals surface area contributed by atoms with Gasteiger partial charge in [-0.3, -0.25) is 4.79 Å². The van der Waals surface area contributed by atoms with E-state index in [-0.39, 0.29) is 18.0 Å². The van der Waals surface area contributed by atoms with Crippen molar-refractivity contribution in [2.24, 2.45) is 0 Å². The standard InChI is InChI=1S/C14H20ClN3O2S/c1-10(19)17-11-3-2-8-18(9-11)14(20)16-7-6-12-4-5-13(15)21-12/h4-5,11H,2-3,6-9H2,1H3,(H,16,20)(H,17,19). The maximum Gasteiger partial charge on any atom is 0.317 e. The molecule has 0 radical (unpaired) electrons. The lowest BCUT2D eigenvalue weighted by molar-refractivity contribution is -0.119. The highest BCUT2D eigenvalue weighted by atomic mass is 35.5. The number of hydrogen-bond acceptors (Lipinski definition) is 3. The summed E-state index contributed by atoms with van der Waals surface area (Å²) in [6.07, 6.45) is 2.63. The Morgan fingerprint density at radius 2 is 2.29 bits per heavy atom. The smallest absolute Gasteiger partial charge is 0.317 e. The number of piperidine rings is 1. The molecule has 0 aromatic carbocycles. The molecule has 1 aromatic heterocycles. The molecule has 1 saturated heterocycles. The van der Waals surface area contributed by atoms with Crippen molar-refractivity contribution in [2.75, 3.05) is 19.6 Å². The molecule has 116 valence electrons. The molecular weight excluding hydrogens is 310 g/mol. The molecule has 0 spiro atoms. The number of carbonyl (C=O) groups excluding carboxylic acids is 2. The van der Waals surface area contributed by atoms with E-state index in [0.29, 0.717) is 13.1 Å². The van der Waals surface area contributed by atoms with Gasteiger partial charge in [0.05, 0.1) is 4.34 Å². The lowest BCUT2D eigenvalue weighted by atomic mass is 10.1. The van der Waals surface area contributed by atoms with Crippen LogP contribution in [0.4, 0.5) is 4.79 Å². The SMILES string of the molecule is CC(=O)NC1CCCN(C(=O)NCCc2ccc(Cl)s2)C1. The van der Waals surface area contributed by atoms with Crippen LogP contribution in [-0.4, -0.2) is 42.5 Å². The van der Waals surface area contributed by atoms with Gasteiger partial charge in [0.25, 0.3) is 0 Å². The van der Waals surface area contributed by atoms with Gasteiger partial charge in [-0.2, -0.15) is 0 Å². The molecule has 1 fully saturated rings. The Labute approximate surface area is 133 Å². The summed E-state index contributed by atoms with van der Waals surface area (Å²) in [4.78, 5) is 26.1. The number of likely N-dealkylation sites (tertiary alicyclic amines) is 1. The second-order valence-electron chi connectivity index (χ2n) is 5.17. The molecule has 0 saturated carbocycles. The lowest BCUT2D eigenvalue weighted by Gasteiger charge is -2.33. The van der Waals surface area contributed by atoms with E-state index in [1.54, 1.807) is 4.90 Å². The van der Waals surface area contributed by atoms with E-state index in [4.69, 9.17) is 11.6 Å². The minimum absolute atomic E-state index is 0.0446. The van der Waals surface area contributed by atoms with Gasteiger partial charge >= 0.3 is 6.03 Å². The van der Waals surface area contributed by atoms with Gasteiger partial charge in [-0.15, -0.1) is 11.3 Å². The molecule has 0 bridgehead atoms. The van der Waals surface area contributed by atoms with Crippen LogP contribution in [0.2, 0.25) is 4.34 Å². The van der Waals surface area contributed by atoms with Crippen LogP contribution in [0.5, 0.6) is 0 Å². The maximum atomic E-state index is 12.1. The van der Waals surface area contributed by atoms with Crippen molar-refractivity contribution in [1.82, 2.24) is 15.5 Å². The Balaban J connectivity index is 1.73. The number of urea groups is 1. The first-order chi connectivity index (χ1) is 10.0. The zero-order chi connectivity index (χ0) is 15.2. The first-order valence-corrected chi connectivity index (χ1v) is 8.28. The highest BCUT2D eigenvalue weighted by molar-refractivity contribution is 7.16. The van der Waals surface area contributed by atoms with Crippen LogP contribution in [0, 0.1) is 0 Å². The van der Waals surface area contributed by atoms with Gasteiger partial charge < -0.3 is 15.5 Å². The minimum Gasteiger partial charge on any atom is -0.352 e. The fourth-order valence-corrected chi connectivity index (χ4v) is 3.54. The van der Waals surface area contributed by atoms with E-state index in [1.165, 1.54) is 18.3 Å². The van der Waals surface area contributed by atoms with Crippen LogP contribution < -0.4 is 10.6 Å². The molecule has 7 heteroatoms. The summed E-state index contributed by atoms with van der Waals surface area (Å²) in [7, 11) is 0. The largest absolute Gasteiger partial charge is 0.352 e. The maximum absolute atomic E-state index is 12.1. The summed E-state index contributed by atoms with van der Waals surface area (Å²) in [5, 5.41) is 5.80. The fraction of sp³-hybridized carbons (Fsp3) is 0.571. The quantitative estimate of drug-likeness (QED) is 0.890. The number of carbonyl (C=O) groups is 2. The van der Waals surface area contributed by atoms with Crippen molar-refractivity contribution < 1.29 is 9.59 Å². The molecule has 1 unspecified atom stereocenters. The van der Waals surface area contributed by atoms with Crippen molar-refractivity contribution >= 4 is 34.9 Å². The molecule has 21 heavy (non-hydrogen) atoms. The zero-order valence-corrected chi connectivity index (χ0v) is 13.6. The second kappa shape index (κ2) is 7.66. The van der Waals surface area contributed by atoms with Gasteiger partial charge in [0, 0.05) is 37.5 Å². The minimum atomic E-state index is -0.0623. The van der Waals surface area contributed by atoms with E-state index >= 15 is 0 Å². The highest BCUT2D eigenvalue weighted by Gasteiger charge is 2.23. The number of halogens is 1. The fourth-order valence-electron chi connectivity index (χ4n) is 2.46. The Morgan fingerprint density at radius 1 is 1.48 bits per heavy atom. The third-order valence-corrected chi connectivity index (χ3v) is 4.68. The number of rotatable bonds is 4. The lowest BCUT2D eigenvalue weighted by Crippen LogP contribution is -2.52. The Bertz CT molecular complexity index is 506. The summed E-state index contributed by atoms with van der Waals surface area (Å²) in [6, 6.07) is 3.85. The Hall–Kier alpha value is -1.27. The molecule has 2 rings (SSSR count). The monoisotopic (exact) mass is 329 g/mol. The summed E-state index contributed by atoms with van der Waals surface area (Å²) in [6.45, 7) is 3.42. The van der Waals surface area contributed by atoms with Crippen LogP contribution in [0.15, 0.2) is 12.1 Å². The van der Waals surface area contributed by atoms with E-state index in [0.717, 1.165) is 35.0 Å². The van der Waals surface area contributed by atoms with Crippen LogP contribution in [0.3, 0.4) is 0 Å². The first-order valence-electron chi connectivity index (χ1n) is 7.08. The summed E-state index contributed by atoms with van der Waals surface area (Å²) in [5.74, 6) is -0.0446. The van der Waals surface area contributed by atoms with Crippen molar-refractivity contribution in [2.45, 2.75) is 32.2 Å². The molecule has 5 nitrogen and oxygen atoms in total. The van der Waals surface area contributed by atoms with Gasteiger partial charge in [-0.25, -0.2) is 4.79 Å². The molecule has 1 aliphatic rings. The van der Waals surface area contributed by atoms with Crippen molar-refractivity contribution in [3.05, 3.63) is 21.3 Å². The van der Waals surface area contributed by atoms with Crippen LogP contribution in [0.1, 0.15) is 24.6 Å². The molecule has 1 atom stereocenters. The molecule has 1 aliphatic heterocycles. The van der Waals surface area contributed by atoms with Crippen LogP contribution in [-0.2, 0) is 11.2 Å². The predicted octanol–water partition coefficient (Wildman–Crippen LogP) is 2.25. The van der Waals surface area contributed by atoms with E-state index < -0.39 is 0 Å². The highest BCUT2D eigenvalue weighted by Crippen LogP contribution is 2.21. The number of nitrogens with one attached hydrogen (secondary N) is 2.